The number of piperazine rings is 1. The highest BCUT2D eigenvalue weighted by Crippen LogP contribution is 2.18. The fraction of sp³-hybridized carbons (Fsp3) is 0.320. The Hall–Kier alpha value is -3.45. The predicted molar refractivity (Wildman–Crippen MR) is 125 cm³/mol. The van der Waals surface area contributed by atoms with Gasteiger partial charge in [0.2, 0.25) is 5.91 Å². The molecular weight excluding hydrogens is 404 g/mol. The molecular formula is C25H28N4O3. The molecule has 0 bridgehead atoms. The molecule has 3 aromatic rings. The topological polar surface area (TPSA) is 89.5 Å². The second kappa shape index (κ2) is 8.96. The number of nitrogens with one attached hydrogen (secondary N) is 1. The number of hydrogen-bond acceptors (Lipinski definition) is 4. The van der Waals surface area contributed by atoms with Gasteiger partial charge in [0, 0.05) is 37.1 Å². The monoisotopic (exact) mass is 432 g/mol. The smallest absolute Gasteiger partial charge is 0.253 e. The van der Waals surface area contributed by atoms with E-state index in [0.717, 1.165) is 22.2 Å². The van der Waals surface area contributed by atoms with Gasteiger partial charge >= 0.3 is 0 Å². The summed E-state index contributed by atoms with van der Waals surface area (Å²) < 4.78 is 0. The summed E-state index contributed by atoms with van der Waals surface area (Å²) >= 11 is 0. The van der Waals surface area contributed by atoms with E-state index < -0.39 is 5.60 Å². The molecule has 32 heavy (non-hydrogen) atoms. The van der Waals surface area contributed by atoms with E-state index in [2.05, 4.69) is 10.2 Å². The molecule has 2 aromatic carbocycles. The van der Waals surface area contributed by atoms with Gasteiger partial charge in [0.25, 0.3) is 5.91 Å². The van der Waals surface area contributed by atoms with E-state index in [1.54, 1.807) is 23.6 Å². The number of aromatic amines is 1. The van der Waals surface area contributed by atoms with Crippen molar-refractivity contribution in [3.8, 4) is 0 Å². The van der Waals surface area contributed by atoms with Crippen LogP contribution in [0.15, 0.2) is 48.5 Å². The zero-order valence-corrected chi connectivity index (χ0v) is 18.4. The van der Waals surface area contributed by atoms with Gasteiger partial charge in [-0.25, -0.2) is 0 Å². The Kier molecular flexibility index (Phi) is 6.10. The van der Waals surface area contributed by atoms with Gasteiger partial charge in [-0.15, -0.1) is 0 Å². The zero-order chi connectivity index (χ0) is 22.7. The Morgan fingerprint density at radius 2 is 1.66 bits per heavy atom. The number of rotatable bonds is 5. The van der Waals surface area contributed by atoms with Crippen LogP contribution >= 0.6 is 0 Å². The van der Waals surface area contributed by atoms with Gasteiger partial charge in [0.1, 0.15) is 0 Å². The summed E-state index contributed by atoms with van der Waals surface area (Å²) in [5, 5.41) is 18.3. The molecule has 1 saturated heterocycles. The summed E-state index contributed by atoms with van der Waals surface area (Å²) in [6.45, 7) is 5.20. The van der Waals surface area contributed by atoms with Crippen molar-refractivity contribution in [3.63, 3.8) is 0 Å². The zero-order valence-electron chi connectivity index (χ0n) is 18.4. The van der Waals surface area contributed by atoms with E-state index in [0.29, 0.717) is 31.7 Å². The minimum Gasteiger partial charge on any atom is -0.390 e. The third-order valence-electron chi connectivity index (χ3n) is 5.59. The summed E-state index contributed by atoms with van der Waals surface area (Å²) in [6.07, 6.45) is 4.02. The van der Waals surface area contributed by atoms with Crippen LogP contribution in [0.4, 0.5) is 0 Å². The fourth-order valence-electron chi connectivity index (χ4n) is 3.85. The average Bonchev–Trinajstić information content (AvgIpc) is 3.20. The Balaban J connectivity index is 1.35. The number of carbonyl (C=O) groups is 2. The summed E-state index contributed by atoms with van der Waals surface area (Å²) in [4.78, 5) is 28.6. The minimum absolute atomic E-state index is 0.0339. The molecule has 1 aromatic heterocycles. The van der Waals surface area contributed by atoms with Crippen LogP contribution in [-0.4, -0.2) is 68.7 Å². The van der Waals surface area contributed by atoms with Crippen LogP contribution in [0.1, 0.15) is 41.9 Å². The van der Waals surface area contributed by atoms with E-state index in [-0.39, 0.29) is 18.2 Å². The molecule has 0 saturated carbocycles. The lowest BCUT2D eigenvalue weighted by Gasteiger charge is -2.35. The lowest BCUT2D eigenvalue weighted by molar-refractivity contribution is -0.136. The van der Waals surface area contributed by atoms with E-state index >= 15 is 0 Å². The molecule has 4 rings (SSSR count). The molecule has 1 aliphatic rings. The Morgan fingerprint density at radius 1 is 1.00 bits per heavy atom. The van der Waals surface area contributed by atoms with Gasteiger partial charge in [0.15, 0.2) is 0 Å². The van der Waals surface area contributed by atoms with E-state index in [9.17, 15) is 14.7 Å². The van der Waals surface area contributed by atoms with Crippen LogP contribution in [0.3, 0.4) is 0 Å². The largest absolute Gasteiger partial charge is 0.390 e. The second-order valence-electron chi connectivity index (χ2n) is 8.77. The molecule has 1 fully saturated rings. The number of amides is 2. The summed E-state index contributed by atoms with van der Waals surface area (Å²) in [5.74, 6) is -0.112. The molecule has 0 radical (unpaired) electrons. The van der Waals surface area contributed by atoms with Crippen LogP contribution in [0.25, 0.3) is 23.1 Å². The van der Waals surface area contributed by atoms with Crippen molar-refractivity contribution in [2.24, 2.45) is 0 Å². The molecule has 2 N–H and O–H groups in total. The number of carbonyl (C=O) groups excluding carboxylic acids is 2. The third-order valence-corrected chi connectivity index (χ3v) is 5.59. The quantitative estimate of drug-likeness (QED) is 0.648. The van der Waals surface area contributed by atoms with E-state index in [1.165, 1.54) is 0 Å². The standard InChI is InChI=1S/C25H28N4O3/c1-25(2,32)17-23(30)28-13-15-29(16-14-28)24(31)19-10-7-18(8-11-19)9-12-22-20-5-3-4-6-21(20)26-27-22/h3-12,32H,13-17H2,1-2H3,(H,26,27). The molecule has 2 heterocycles. The van der Waals surface area contributed by atoms with Crippen molar-refractivity contribution in [3.05, 3.63) is 65.4 Å². The molecule has 7 heteroatoms. The van der Waals surface area contributed by atoms with E-state index in [4.69, 9.17) is 0 Å². The van der Waals surface area contributed by atoms with Crippen molar-refractivity contribution in [2.75, 3.05) is 26.2 Å². The number of hydrogen-bond donors (Lipinski definition) is 2. The van der Waals surface area contributed by atoms with Crippen molar-refractivity contribution in [1.29, 1.82) is 0 Å². The van der Waals surface area contributed by atoms with Gasteiger partial charge in [-0.05, 0) is 43.7 Å². The number of fused-ring (bicyclic) bond motifs is 1. The molecule has 2 amide bonds. The summed E-state index contributed by atoms with van der Waals surface area (Å²) in [5.41, 5.74) is 2.46. The van der Waals surface area contributed by atoms with Crippen molar-refractivity contribution in [2.45, 2.75) is 25.9 Å². The molecule has 166 valence electrons. The van der Waals surface area contributed by atoms with Gasteiger partial charge in [-0.3, -0.25) is 14.7 Å². The number of aliphatic hydroxyl groups is 1. The average molecular weight is 433 g/mol. The number of benzene rings is 2. The normalized spacial score (nSPS) is 15.0. The Labute approximate surface area is 187 Å². The molecule has 0 unspecified atom stereocenters. The first-order valence-electron chi connectivity index (χ1n) is 10.8. The maximum atomic E-state index is 12.9. The summed E-state index contributed by atoms with van der Waals surface area (Å²) in [6, 6.07) is 15.5. The first-order valence-corrected chi connectivity index (χ1v) is 10.8. The maximum absolute atomic E-state index is 12.9. The predicted octanol–water partition coefficient (Wildman–Crippen LogP) is 3.18. The highest BCUT2D eigenvalue weighted by molar-refractivity contribution is 5.95. The highest BCUT2D eigenvalue weighted by Gasteiger charge is 2.27. The Morgan fingerprint density at radius 3 is 2.34 bits per heavy atom. The number of para-hydroxylation sites is 1. The fourth-order valence-corrected chi connectivity index (χ4v) is 3.85. The first-order chi connectivity index (χ1) is 15.3. The van der Waals surface area contributed by atoms with Gasteiger partial charge < -0.3 is 14.9 Å². The maximum Gasteiger partial charge on any atom is 0.253 e. The second-order valence-corrected chi connectivity index (χ2v) is 8.77. The molecule has 0 spiro atoms. The van der Waals surface area contributed by atoms with Crippen LogP contribution in [0, 0.1) is 0 Å². The lowest BCUT2D eigenvalue weighted by atomic mass is 10.0. The minimum atomic E-state index is -1.02. The van der Waals surface area contributed by atoms with Crippen LogP contribution in [0.2, 0.25) is 0 Å². The number of nitrogens with zero attached hydrogens (tertiary/aromatic N) is 3. The highest BCUT2D eigenvalue weighted by atomic mass is 16.3. The van der Waals surface area contributed by atoms with Crippen LogP contribution in [-0.2, 0) is 4.79 Å². The number of aromatic nitrogens is 2. The van der Waals surface area contributed by atoms with Crippen molar-refractivity contribution in [1.82, 2.24) is 20.0 Å². The molecule has 0 aliphatic carbocycles. The van der Waals surface area contributed by atoms with Crippen LogP contribution < -0.4 is 0 Å². The van der Waals surface area contributed by atoms with Crippen molar-refractivity contribution < 1.29 is 14.7 Å². The van der Waals surface area contributed by atoms with E-state index in [1.807, 2.05) is 60.7 Å². The van der Waals surface area contributed by atoms with Gasteiger partial charge in [-0.1, -0.05) is 36.4 Å². The number of H-pyrrole nitrogens is 1. The Bertz CT molecular complexity index is 1130. The van der Waals surface area contributed by atoms with Gasteiger partial charge in [-0.2, -0.15) is 5.10 Å². The van der Waals surface area contributed by atoms with Crippen LogP contribution in [0.5, 0.6) is 0 Å². The van der Waals surface area contributed by atoms with Crippen molar-refractivity contribution >= 4 is 34.9 Å². The van der Waals surface area contributed by atoms with Gasteiger partial charge in [0.05, 0.1) is 23.2 Å². The SMILES string of the molecule is CC(C)(O)CC(=O)N1CCN(C(=O)c2ccc(C=Cc3n[nH]c4ccccc34)cc2)CC1. The molecule has 0 atom stereocenters. The first kappa shape index (κ1) is 21.8. The molecule has 7 nitrogen and oxygen atoms in total. The lowest BCUT2D eigenvalue weighted by Crippen LogP contribution is -2.51. The third kappa shape index (κ3) is 5.06. The summed E-state index contributed by atoms with van der Waals surface area (Å²) in [7, 11) is 0. The molecule has 1 aliphatic heterocycles.